The van der Waals surface area contributed by atoms with Gasteiger partial charge < -0.3 is 9.47 Å². The summed E-state index contributed by atoms with van der Waals surface area (Å²) in [5, 5.41) is 0. The van der Waals surface area contributed by atoms with Gasteiger partial charge in [0.15, 0.2) is 0 Å². The van der Waals surface area contributed by atoms with Crippen molar-refractivity contribution < 1.29 is 23.9 Å². The van der Waals surface area contributed by atoms with Crippen LogP contribution in [0.3, 0.4) is 0 Å². The average Bonchev–Trinajstić information content (AvgIpc) is 3.17. The number of amides is 3. The van der Waals surface area contributed by atoms with Crippen molar-refractivity contribution >= 4 is 24.2 Å². The largest absolute Gasteiger partial charge is 0.449 e. The molecule has 2 aromatic rings. The van der Waals surface area contributed by atoms with Crippen molar-refractivity contribution in [3.63, 3.8) is 0 Å². The number of rotatable bonds is 6. The molecule has 8 nitrogen and oxygen atoms in total. The maximum absolute atomic E-state index is 13.0. The molecule has 0 N–H and O–H groups in total. The summed E-state index contributed by atoms with van der Waals surface area (Å²) >= 11 is 0. The number of β-lactam (4-membered cyclic amide) rings is 1. The summed E-state index contributed by atoms with van der Waals surface area (Å²) in [5.74, 6) is -1.02. The third kappa shape index (κ3) is 4.21. The van der Waals surface area contributed by atoms with Crippen LogP contribution in [0.2, 0.25) is 0 Å². The summed E-state index contributed by atoms with van der Waals surface area (Å²) < 4.78 is 10.6. The van der Waals surface area contributed by atoms with Crippen LogP contribution < -0.4 is 0 Å². The van der Waals surface area contributed by atoms with Gasteiger partial charge >= 0.3 is 12.2 Å². The first-order chi connectivity index (χ1) is 15.5. The highest BCUT2D eigenvalue weighted by molar-refractivity contribution is 6.01. The van der Waals surface area contributed by atoms with Crippen molar-refractivity contribution in [2.75, 3.05) is 13.2 Å². The topological polar surface area (TPSA) is 89.0 Å². The molecular weight excluding hydrogens is 410 g/mol. The van der Waals surface area contributed by atoms with Crippen LogP contribution in [0.5, 0.6) is 0 Å². The molecule has 2 aliphatic rings. The Hall–Kier alpha value is -3.68. The van der Waals surface area contributed by atoms with E-state index in [1.165, 1.54) is 4.90 Å². The Kier molecular flexibility index (Phi) is 6.20. The molecule has 2 saturated heterocycles. The maximum Gasteiger partial charge on any atom is 0.418 e. The molecule has 2 fully saturated rings. The lowest BCUT2D eigenvalue weighted by Crippen LogP contribution is -2.69. The molecule has 3 amide bonds. The van der Waals surface area contributed by atoms with Crippen molar-refractivity contribution in [2.24, 2.45) is 11.8 Å². The van der Waals surface area contributed by atoms with E-state index in [2.05, 4.69) is 4.98 Å². The van der Waals surface area contributed by atoms with E-state index in [4.69, 9.17) is 9.47 Å². The molecule has 166 valence electrons. The molecule has 3 heterocycles. The summed E-state index contributed by atoms with van der Waals surface area (Å²) in [6.45, 7) is 4.14. The number of carbonyl (C=O) groups excluding carboxylic acids is 3. The summed E-state index contributed by atoms with van der Waals surface area (Å²) in [7, 11) is 0. The van der Waals surface area contributed by atoms with Crippen molar-refractivity contribution in [3.05, 3.63) is 72.1 Å². The minimum absolute atomic E-state index is 0.115. The molecule has 2 aliphatic heterocycles. The Balaban J connectivity index is 1.65. The minimum atomic E-state index is -0.838. The van der Waals surface area contributed by atoms with Crippen LogP contribution in [0.15, 0.2) is 60.9 Å². The summed E-state index contributed by atoms with van der Waals surface area (Å²) in [6.07, 6.45) is 4.62. The Morgan fingerprint density at radius 2 is 2.00 bits per heavy atom. The van der Waals surface area contributed by atoms with Gasteiger partial charge in [0.2, 0.25) is 5.91 Å². The third-order valence-electron chi connectivity index (χ3n) is 5.41. The van der Waals surface area contributed by atoms with Crippen LogP contribution in [0.1, 0.15) is 31.0 Å². The highest BCUT2D eigenvalue weighted by atomic mass is 16.6. The van der Waals surface area contributed by atoms with E-state index in [9.17, 15) is 14.4 Å². The fourth-order valence-electron chi connectivity index (χ4n) is 3.83. The minimum Gasteiger partial charge on any atom is -0.449 e. The smallest absolute Gasteiger partial charge is 0.418 e. The molecule has 0 radical (unpaired) electrons. The van der Waals surface area contributed by atoms with E-state index in [0.717, 1.165) is 16.0 Å². The van der Waals surface area contributed by atoms with Gasteiger partial charge in [-0.2, -0.15) is 0 Å². The van der Waals surface area contributed by atoms with Gasteiger partial charge in [0.25, 0.3) is 0 Å². The van der Waals surface area contributed by atoms with Crippen LogP contribution in [0, 0.1) is 11.8 Å². The van der Waals surface area contributed by atoms with Crippen LogP contribution >= 0.6 is 0 Å². The van der Waals surface area contributed by atoms with Gasteiger partial charge in [0, 0.05) is 12.4 Å². The standard InChI is InChI=1S/C24H25N3O5/c1-16(2)14-31-24(30)27-21(19(22(27)28)11-10-17-7-6-12-25-13-17)26-20(15-32-23(26)29)18-8-4-3-5-9-18/h3-13,16,19-21H,14-15H2,1-2H3/t19-,20-,21-/m1/s1. The van der Waals surface area contributed by atoms with E-state index in [0.29, 0.717) is 0 Å². The van der Waals surface area contributed by atoms with Crippen LogP contribution in [-0.4, -0.2) is 52.3 Å². The highest BCUT2D eigenvalue weighted by Crippen LogP contribution is 2.40. The normalized spacial score (nSPS) is 22.9. The number of hydrogen-bond donors (Lipinski definition) is 0. The molecule has 0 unspecified atom stereocenters. The second kappa shape index (κ2) is 9.21. The first-order valence-corrected chi connectivity index (χ1v) is 10.6. The number of hydrogen-bond acceptors (Lipinski definition) is 6. The van der Waals surface area contributed by atoms with Crippen LogP contribution in [-0.2, 0) is 14.3 Å². The Morgan fingerprint density at radius 3 is 2.69 bits per heavy atom. The van der Waals surface area contributed by atoms with E-state index in [-0.39, 0.29) is 19.1 Å². The second-order valence-corrected chi connectivity index (χ2v) is 8.17. The fourth-order valence-corrected chi connectivity index (χ4v) is 3.83. The van der Waals surface area contributed by atoms with Gasteiger partial charge in [0.05, 0.1) is 18.6 Å². The van der Waals surface area contributed by atoms with E-state index in [1.54, 1.807) is 30.6 Å². The number of aromatic nitrogens is 1. The summed E-state index contributed by atoms with van der Waals surface area (Å²) in [5.41, 5.74) is 1.67. The van der Waals surface area contributed by atoms with Crippen molar-refractivity contribution in [1.82, 2.24) is 14.8 Å². The predicted molar refractivity (Wildman–Crippen MR) is 116 cm³/mol. The Bertz CT molecular complexity index is 1010. The highest BCUT2D eigenvalue weighted by Gasteiger charge is 2.58. The molecule has 8 heteroatoms. The molecule has 0 saturated carbocycles. The van der Waals surface area contributed by atoms with E-state index >= 15 is 0 Å². The van der Waals surface area contributed by atoms with Gasteiger partial charge in [-0.15, -0.1) is 0 Å². The number of ether oxygens (including phenoxy) is 2. The first kappa shape index (κ1) is 21.5. The number of likely N-dealkylation sites (tertiary alicyclic amines) is 1. The van der Waals surface area contributed by atoms with Crippen LogP contribution in [0.4, 0.5) is 9.59 Å². The van der Waals surface area contributed by atoms with E-state index < -0.39 is 36.2 Å². The van der Waals surface area contributed by atoms with Crippen molar-refractivity contribution in [2.45, 2.75) is 26.1 Å². The second-order valence-electron chi connectivity index (χ2n) is 8.17. The van der Waals surface area contributed by atoms with E-state index in [1.807, 2.05) is 50.2 Å². The molecule has 3 atom stereocenters. The quantitative estimate of drug-likeness (QED) is 0.640. The van der Waals surface area contributed by atoms with Gasteiger partial charge in [-0.3, -0.25) is 14.7 Å². The fraction of sp³-hybridized carbons (Fsp3) is 0.333. The zero-order valence-electron chi connectivity index (χ0n) is 18.0. The summed E-state index contributed by atoms with van der Waals surface area (Å²) in [6, 6.07) is 12.6. The Morgan fingerprint density at radius 1 is 1.22 bits per heavy atom. The predicted octanol–water partition coefficient (Wildman–Crippen LogP) is 3.87. The van der Waals surface area contributed by atoms with Gasteiger partial charge in [-0.1, -0.05) is 62.4 Å². The maximum atomic E-state index is 13.0. The molecular formula is C24H25N3O5. The monoisotopic (exact) mass is 435 g/mol. The Labute approximate surface area is 186 Å². The van der Waals surface area contributed by atoms with Gasteiger partial charge in [0.1, 0.15) is 12.8 Å². The average molecular weight is 435 g/mol. The number of imide groups is 1. The first-order valence-electron chi connectivity index (χ1n) is 10.6. The SMILES string of the molecule is CC(C)COC(=O)N1C(=O)[C@H](C=Cc2cccnc2)[C@@H]1N1C(=O)OC[C@@H]1c1ccccc1. The lowest BCUT2D eigenvalue weighted by atomic mass is 9.90. The molecule has 32 heavy (non-hydrogen) atoms. The van der Waals surface area contributed by atoms with Gasteiger partial charge in [-0.25, -0.2) is 14.5 Å². The molecule has 0 bridgehead atoms. The third-order valence-corrected chi connectivity index (χ3v) is 5.41. The lowest BCUT2D eigenvalue weighted by molar-refractivity contribution is -0.158. The number of carbonyl (C=O) groups is 3. The number of nitrogens with zero attached hydrogens (tertiary/aromatic N) is 3. The summed E-state index contributed by atoms with van der Waals surface area (Å²) in [4.78, 5) is 45.0. The lowest BCUT2D eigenvalue weighted by Gasteiger charge is -2.48. The zero-order valence-corrected chi connectivity index (χ0v) is 18.0. The van der Waals surface area contributed by atoms with Crippen molar-refractivity contribution in [3.8, 4) is 0 Å². The zero-order chi connectivity index (χ0) is 22.7. The van der Waals surface area contributed by atoms with Crippen molar-refractivity contribution in [1.29, 1.82) is 0 Å². The molecule has 4 rings (SSSR count). The van der Waals surface area contributed by atoms with Crippen LogP contribution in [0.25, 0.3) is 6.08 Å². The molecule has 0 spiro atoms. The number of cyclic esters (lactones) is 1. The molecule has 1 aromatic heterocycles. The molecule has 0 aliphatic carbocycles. The van der Waals surface area contributed by atoms with Gasteiger partial charge in [-0.05, 0) is 23.1 Å². The molecule has 1 aromatic carbocycles. The number of benzene rings is 1. The number of pyridine rings is 1.